The van der Waals surface area contributed by atoms with E-state index in [-0.39, 0.29) is 12.5 Å². The standard InChI is InChI=1S/C27H38N2O4/c1-4-6-7-8-9-17-28-27(32)29(3)23-12-10-11-22(20-23)24-15-13-21(14-16-26(30)31)19-25(24)33-18-5-2/h10-13,15,19-20H,4-9,14,16-18H2,1-3H3,(H,28,32)(H,30,31). The quantitative estimate of drug-likeness (QED) is 0.330. The first kappa shape index (κ1) is 26.2. The smallest absolute Gasteiger partial charge is 0.321 e. The Morgan fingerprint density at radius 3 is 2.52 bits per heavy atom. The monoisotopic (exact) mass is 454 g/mol. The highest BCUT2D eigenvalue weighted by Gasteiger charge is 2.14. The Bertz CT molecular complexity index is 897. The second-order valence-electron chi connectivity index (χ2n) is 8.33. The third-order valence-corrected chi connectivity index (χ3v) is 5.54. The molecule has 0 saturated carbocycles. The third-order valence-electron chi connectivity index (χ3n) is 5.54. The van der Waals surface area contributed by atoms with E-state index in [0.717, 1.165) is 47.4 Å². The number of amides is 2. The summed E-state index contributed by atoms with van der Waals surface area (Å²) in [6, 6.07) is 13.5. The van der Waals surface area contributed by atoms with Gasteiger partial charge in [0.25, 0.3) is 0 Å². The van der Waals surface area contributed by atoms with Crippen molar-refractivity contribution in [3.63, 3.8) is 0 Å². The van der Waals surface area contributed by atoms with Gasteiger partial charge >= 0.3 is 12.0 Å². The second-order valence-corrected chi connectivity index (χ2v) is 8.33. The Hall–Kier alpha value is -3.02. The first-order valence-corrected chi connectivity index (χ1v) is 12.1. The molecule has 0 radical (unpaired) electrons. The topological polar surface area (TPSA) is 78.9 Å². The normalized spacial score (nSPS) is 10.6. The third kappa shape index (κ3) is 8.79. The van der Waals surface area contributed by atoms with Gasteiger partial charge in [0.1, 0.15) is 5.75 Å². The number of rotatable bonds is 14. The van der Waals surface area contributed by atoms with Crippen LogP contribution in [-0.2, 0) is 11.2 Å². The van der Waals surface area contributed by atoms with Crippen molar-refractivity contribution >= 4 is 17.7 Å². The maximum Gasteiger partial charge on any atom is 0.321 e. The second kappa shape index (κ2) is 14.2. The van der Waals surface area contributed by atoms with E-state index in [1.807, 2.05) is 49.4 Å². The Morgan fingerprint density at radius 1 is 1.00 bits per heavy atom. The number of carboxylic acid groups (broad SMARTS) is 1. The Kier molecular flexibility index (Phi) is 11.3. The van der Waals surface area contributed by atoms with Crippen LogP contribution in [0, 0.1) is 0 Å². The lowest BCUT2D eigenvalue weighted by atomic mass is 10.00. The van der Waals surface area contributed by atoms with Crippen molar-refractivity contribution in [2.75, 3.05) is 25.1 Å². The van der Waals surface area contributed by atoms with Gasteiger partial charge < -0.3 is 15.2 Å². The predicted octanol–water partition coefficient (Wildman–Crippen LogP) is 6.28. The molecule has 2 aromatic carbocycles. The number of hydrogen-bond donors (Lipinski definition) is 2. The van der Waals surface area contributed by atoms with Gasteiger partial charge in [-0.25, -0.2) is 4.79 Å². The van der Waals surface area contributed by atoms with Crippen molar-refractivity contribution in [2.24, 2.45) is 0 Å². The molecule has 180 valence electrons. The first-order valence-electron chi connectivity index (χ1n) is 12.1. The summed E-state index contributed by atoms with van der Waals surface area (Å²) >= 11 is 0. The maximum atomic E-state index is 12.6. The molecule has 0 fully saturated rings. The molecule has 0 aliphatic rings. The lowest BCUT2D eigenvalue weighted by Gasteiger charge is -2.20. The number of nitrogens with one attached hydrogen (secondary N) is 1. The maximum absolute atomic E-state index is 12.6. The van der Waals surface area contributed by atoms with Gasteiger partial charge in [-0.3, -0.25) is 9.69 Å². The number of carbonyl (C=O) groups excluding carboxylic acids is 1. The molecule has 2 N–H and O–H groups in total. The van der Waals surface area contributed by atoms with Crippen molar-refractivity contribution in [3.05, 3.63) is 48.0 Å². The number of urea groups is 1. The molecule has 2 amide bonds. The van der Waals surface area contributed by atoms with E-state index in [4.69, 9.17) is 9.84 Å². The van der Waals surface area contributed by atoms with E-state index >= 15 is 0 Å². The van der Waals surface area contributed by atoms with Gasteiger partial charge in [-0.1, -0.05) is 63.8 Å². The summed E-state index contributed by atoms with van der Waals surface area (Å²) in [6.07, 6.45) is 7.21. The zero-order valence-electron chi connectivity index (χ0n) is 20.2. The summed E-state index contributed by atoms with van der Waals surface area (Å²) in [6.45, 7) is 5.50. The summed E-state index contributed by atoms with van der Waals surface area (Å²) in [5.41, 5.74) is 3.60. The fourth-order valence-corrected chi connectivity index (χ4v) is 3.59. The summed E-state index contributed by atoms with van der Waals surface area (Å²) in [4.78, 5) is 25.2. The summed E-state index contributed by atoms with van der Waals surface area (Å²) in [5.74, 6) is -0.0823. The molecule has 6 nitrogen and oxygen atoms in total. The number of nitrogens with zero attached hydrogens (tertiary/aromatic N) is 1. The molecule has 0 aromatic heterocycles. The Labute approximate surface area is 198 Å². The zero-order valence-corrected chi connectivity index (χ0v) is 20.2. The SMILES string of the molecule is CCCCCCCNC(=O)N(C)c1cccc(-c2ccc(CCC(=O)O)cc2OCCC)c1. The van der Waals surface area contributed by atoms with Gasteiger partial charge in [0.2, 0.25) is 0 Å². The minimum atomic E-state index is -0.815. The Morgan fingerprint density at radius 2 is 1.79 bits per heavy atom. The minimum Gasteiger partial charge on any atom is -0.493 e. The van der Waals surface area contributed by atoms with E-state index in [1.54, 1.807) is 11.9 Å². The molecule has 33 heavy (non-hydrogen) atoms. The van der Waals surface area contributed by atoms with Crippen LogP contribution in [-0.4, -0.2) is 37.3 Å². The number of benzene rings is 2. The Balaban J connectivity index is 2.12. The number of anilines is 1. The van der Waals surface area contributed by atoms with Crippen molar-refractivity contribution < 1.29 is 19.4 Å². The molecule has 0 spiro atoms. The van der Waals surface area contributed by atoms with E-state index in [2.05, 4.69) is 12.2 Å². The van der Waals surface area contributed by atoms with Crippen LogP contribution >= 0.6 is 0 Å². The fraction of sp³-hybridized carbons (Fsp3) is 0.481. The van der Waals surface area contributed by atoms with Crippen LogP contribution in [0.3, 0.4) is 0 Å². The number of ether oxygens (including phenoxy) is 1. The fourth-order valence-electron chi connectivity index (χ4n) is 3.59. The molecule has 0 aliphatic carbocycles. The molecule has 0 aliphatic heterocycles. The van der Waals surface area contributed by atoms with Crippen LogP contribution < -0.4 is 15.0 Å². The van der Waals surface area contributed by atoms with Crippen LogP contribution in [0.4, 0.5) is 10.5 Å². The number of hydrogen-bond acceptors (Lipinski definition) is 3. The lowest BCUT2D eigenvalue weighted by Crippen LogP contribution is -2.37. The van der Waals surface area contributed by atoms with Gasteiger partial charge in [0, 0.05) is 31.3 Å². The highest BCUT2D eigenvalue weighted by Crippen LogP contribution is 2.33. The molecule has 0 bridgehead atoms. The minimum absolute atomic E-state index is 0.0839. The van der Waals surface area contributed by atoms with E-state index in [0.29, 0.717) is 19.6 Å². The molecule has 0 unspecified atom stereocenters. The van der Waals surface area contributed by atoms with Gasteiger partial charge in [0.15, 0.2) is 0 Å². The first-order chi connectivity index (χ1) is 16.0. The highest BCUT2D eigenvalue weighted by atomic mass is 16.5. The van der Waals surface area contributed by atoms with E-state index in [1.165, 1.54) is 19.3 Å². The molecular formula is C27H38N2O4. The van der Waals surface area contributed by atoms with Crippen LogP contribution in [0.2, 0.25) is 0 Å². The van der Waals surface area contributed by atoms with Crippen LogP contribution in [0.5, 0.6) is 5.75 Å². The summed E-state index contributed by atoms with van der Waals surface area (Å²) < 4.78 is 5.99. The number of aryl methyl sites for hydroxylation is 1. The number of carboxylic acids is 1. The van der Waals surface area contributed by atoms with Gasteiger partial charge in [-0.15, -0.1) is 0 Å². The zero-order chi connectivity index (χ0) is 24.1. The van der Waals surface area contributed by atoms with Crippen molar-refractivity contribution in [2.45, 2.75) is 65.2 Å². The van der Waals surface area contributed by atoms with Gasteiger partial charge in [0.05, 0.1) is 6.61 Å². The molecule has 2 rings (SSSR count). The number of carbonyl (C=O) groups is 2. The van der Waals surface area contributed by atoms with Crippen LogP contribution in [0.1, 0.15) is 64.4 Å². The van der Waals surface area contributed by atoms with Crippen LogP contribution in [0.15, 0.2) is 42.5 Å². The average molecular weight is 455 g/mol. The number of unbranched alkanes of at least 4 members (excludes halogenated alkanes) is 4. The summed E-state index contributed by atoms with van der Waals surface area (Å²) in [5, 5.41) is 12.0. The van der Waals surface area contributed by atoms with E-state index in [9.17, 15) is 9.59 Å². The largest absolute Gasteiger partial charge is 0.493 e. The van der Waals surface area contributed by atoms with Crippen molar-refractivity contribution in [3.8, 4) is 16.9 Å². The van der Waals surface area contributed by atoms with Gasteiger partial charge in [-0.05, 0) is 48.6 Å². The van der Waals surface area contributed by atoms with Crippen molar-refractivity contribution in [1.29, 1.82) is 0 Å². The number of aliphatic carboxylic acids is 1. The van der Waals surface area contributed by atoms with Crippen LogP contribution in [0.25, 0.3) is 11.1 Å². The predicted molar refractivity (Wildman–Crippen MR) is 134 cm³/mol. The molecule has 6 heteroatoms. The molecule has 0 saturated heterocycles. The van der Waals surface area contributed by atoms with Crippen molar-refractivity contribution in [1.82, 2.24) is 5.32 Å². The molecule has 0 atom stereocenters. The molecular weight excluding hydrogens is 416 g/mol. The highest BCUT2D eigenvalue weighted by molar-refractivity contribution is 5.92. The van der Waals surface area contributed by atoms with E-state index < -0.39 is 5.97 Å². The van der Waals surface area contributed by atoms with Gasteiger partial charge in [-0.2, -0.15) is 0 Å². The molecule has 0 heterocycles. The lowest BCUT2D eigenvalue weighted by molar-refractivity contribution is -0.136. The molecule has 2 aromatic rings. The average Bonchev–Trinajstić information content (AvgIpc) is 2.83. The summed E-state index contributed by atoms with van der Waals surface area (Å²) in [7, 11) is 1.77.